The van der Waals surface area contributed by atoms with Crippen molar-refractivity contribution in [2.75, 3.05) is 20.7 Å². The third-order valence-corrected chi connectivity index (χ3v) is 8.27. The molecule has 0 spiro atoms. The highest BCUT2D eigenvalue weighted by atomic mass is 35.5. The summed E-state index contributed by atoms with van der Waals surface area (Å²) < 4.78 is 33.7. The molecule has 0 saturated carbocycles. The topological polar surface area (TPSA) is 101 Å². The smallest absolute Gasteiger partial charge is 0.409 e. The second-order valence-electron chi connectivity index (χ2n) is 10.00. The van der Waals surface area contributed by atoms with Crippen LogP contribution in [0.2, 0.25) is 5.02 Å². The number of hydrogen-bond acceptors (Lipinski definition) is 7. The Morgan fingerprint density at radius 2 is 1.81 bits per heavy atom. The van der Waals surface area contributed by atoms with Crippen molar-refractivity contribution in [3.63, 3.8) is 0 Å². The molecule has 42 heavy (non-hydrogen) atoms. The van der Waals surface area contributed by atoms with E-state index in [1.54, 1.807) is 24.4 Å². The Labute approximate surface area is 250 Å². The third kappa shape index (κ3) is 5.57. The van der Waals surface area contributed by atoms with E-state index in [1.165, 1.54) is 42.2 Å². The fourth-order valence-corrected chi connectivity index (χ4v) is 5.86. The molecule has 8 nitrogen and oxygen atoms in total. The minimum absolute atomic E-state index is 0.00694. The number of guanidine groups is 1. The monoisotopic (exact) mass is 609 g/mol. The lowest BCUT2D eigenvalue weighted by atomic mass is 9.91. The first-order chi connectivity index (χ1) is 20.0. The molecule has 2 heterocycles. The van der Waals surface area contributed by atoms with E-state index in [4.69, 9.17) is 22.1 Å². The molecule has 0 aliphatic carbocycles. The highest BCUT2D eigenvalue weighted by molar-refractivity contribution is 7.18. The van der Waals surface area contributed by atoms with Crippen molar-refractivity contribution in [2.45, 2.75) is 18.5 Å². The molecule has 216 valence electrons. The SMILES string of the molecule is CN(C)C(=O)OC[C@H](c1ccc(Cl)c(-c2ncc(-c3ccccc3)s2)c1)N1C(=O)[C@@](C)(c2cc(F)cc(F)c2)N=C1N. The first kappa shape index (κ1) is 29.2. The van der Waals surface area contributed by atoms with Crippen LogP contribution < -0.4 is 5.73 Å². The molecule has 2 amide bonds. The summed E-state index contributed by atoms with van der Waals surface area (Å²) in [7, 11) is 3.05. The first-order valence-electron chi connectivity index (χ1n) is 12.8. The second-order valence-corrected chi connectivity index (χ2v) is 11.4. The van der Waals surface area contributed by atoms with Crippen LogP contribution in [-0.2, 0) is 15.1 Å². The van der Waals surface area contributed by atoms with Gasteiger partial charge in [-0.2, -0.15) is 0 Å². The van der Waals surface area contributed by atoms with Crippen LogP contribution in [0.1, 0.15) is 24.1 Å². The van der Waals surface area contributed by atoms with Crippen molar-refractivity contribution in [2.24, 2.45) is 10.7 Å². The lowest BCUT2D eigenvalue weighted by Gasteiger charge is -2.30. The maximum absolute atomic E-state index is 14.1. The average molecular weight is 610 g/mol. The summed E-state index contributed by atoms with van der Waals surface area (Å²) in [6, 6.07) is 16.7. The van der Waals surface area contributed by atoms with E-state index in [2.05, 4.69) is 9.98 Å². The zero-order chi connectivity index (χ0) is 30.2. The lowest BCUT2D eigenvalue weighted by molar-refractivity contribution is -0.133. The molecule has 0 bridgehead atoms. The number of amides is 2. The van der Waals surface area contributed by atoms with Gasteiger partial charge in [-0.3, -0.25) is 9.69 Å². The maximum atomic E-state index is 14.1. The van der Waals surface area contributed by atoms with Gasteiger partial charge in [-0.15, -0.1) is 11.3 Å². The number of rotatable bonds is 7. The number of nitrogens with two attached hydrogens (primary N) is 1. The van der Waals surface area contributed by atoms with Crippen LogP contribution in [0, 0.1) is 11.6 Å². The predicted molar refractivity (Wildman–Crippen MR) is 158 cm³/mol. The van der Waals surface area contributed by atoms with Crippen LogP contribution in [-0.4, -0.2) is 53.4 Å². The Bertz CT molecular complexity index is 1680. The van der Waals surface area contributed by atoms with Gasteiger partial charge in [0.1, 0.15) is 23.2 Å². The lowest BCUT2D eigenvalue weighted by Crippen LogP contribution is -2.46. The molecule has 0 radical (unpaired) electrons. The minimum Gasteiger partial charge on any atom is -0.447 e. The van der Waals surface area contributed by atoms with Crippen molar-refractivity contribution in [3.8, 4) is 21.0 Å². The van der Waals surface area contributed by atoms with Crippen LogP contribution in [0.15, 0.2) is 77.9 Å². The van der Waals surface area contributed by atoms with E-state index in [0.29, 0.717) is 27.2 Å². The highest BCUT2D eigenvalue weighted by Crippen LogP contribution is 2.40. The Morgan fingerprint density at radius 1 is 1.12 bits per heavy atom. The Morgan fingerprint density at radius 3 is 2.48 bits per heavy atom. The molecule has 12 heteroatoms. The van der Waals surface area contributed by atoms with E-state index in [-0.39, 0.29) is 18.1 Å². The summed E-state index contributed by atoms with van der Waals surface area (Å²) in [6.45, 7) is 1.13. The molecule has 1 aliphatic heterocycles. The number of aromatic nitrogens is 1. The average Bonchev–Trinajstić information content (AvgIpc) is 3.53. The standard InChI is InChI=1S/C30H26ClF2N5O3S/c1-30(19-12-20(32)14-21(33)13-19)27(39)38(28(34)36-30)24(16-41-29(40)37(2)3)18-9-10-23(31)22(11-18)26-35-15-25(42-26)17-7-5-4-6-8-17/h4-15,24H,16H2,1-3H3,(H2,34,36)/t24-,30-/m1/s1. The molecular weight excluding hydrogens is 584 g/mol. The molecular formula is C30H26ClF2N5O3S. The Balaban J connectivity index is 1.55. The predicted octanol–water partition coefficient (Wildman–Crippen LogP) is 6.22. The van der Waals surface area contributed by atoms with Gasteiger partial charge in [0.25, 0.3) is 5.91 Å². The minimum atomic E-state index is -1.72. The van der Waals surface area contributed by atoms with Gasteiger partial charge in [0, 0.05) is 31.9 Å². The number of hydrogen-bond donors (Lipinski definition) is 1. The van der Waals surface area contributed by atoms with Crippen molar-refractivity contribution in [1.82, 2.24) is 14.8 Å². The summed E-state index contributed by atoms with van der Waals surface area (Å²) in [4.78, 5) is 38.6. The second kappa shape index (κ2) is 11.5. The number of carbonyl (C=O) groups is 2. The first-order valence-corrected chi connectivity index (χ1v) is 14.0. The van der Waals surface area contributed by atoms with E-state index < -0.39 is 35.2 Å². The summed E-state index contributed by atoms with van der Waals surface area (Å²) in [5.74, 6) is -2.56. The van der Waals surface area contributed by atoms with E-state index in [0.717, 1.165) is 22.6 Å². The van der Waals surface area contributed by atoms with Crippen molar-refractivity contribution in [1.29, 1.82) is 0 Å². The van der Waals surface area contributed by atoms with Crippen LogP contribution >= 0.6 is 22.9 Å². The quantitative estimate of drug-likeness (QED) is 0.268. The fraction of sp³-hybridized carbons (Fsp3) is 0.200. The molecule has 5 rings (SSSR count). The number of halogens is 3. The molecule has 1 aromatic heterocycles. The molecule has 3 aromatic carbocycles. The number of ether oxygens (including phenoxy) is 1. The zero-order valence-corrected chi connectivity index (χ0v) is 24.4. The van der Waals surface area contributed by atoms with Gasteiger partial charge in [0.05, 0.1) is 15.9 Å². The normalized spacial score (nSPS) is 17.2. The van der Waals surface area contributed by atoms with Gasteiger partial charge >= 0.3 is 6.09 Å². The summed E-state index contributed by atoms with van der Waals surface area (Å²) >= 11 is 8.05. The molecule has 2 N–H and O–H groups in total. The number of carbonyl (C=O) groups excluding carboxylic acids is 2. The van der Waals surface area contributed by atoms with Crippen molar-refractivity contribution >= 4 is 40.9 Å². The van der Waals surface area contributed by atoms with Gasteiger partial charge in [-0.25, -0.2) is 23.6 Å². The summed E-state index contributed by atoms with van der Waals surface area (Å²) in [5.41, 5.74) is 6.69. The molecule has 0 unspecified atom stereocenters. The van der Waals surface area contributed by atoms with Gasteiger partial charge in [0.15, 0.2) is 11.5 Å². The van der Waals surface area contributed by atoms with Gasteiger partial charge in [0.2, 0.25) is 0 Å². The van der Waals surface area contributed by atoms with Crippen LogP contribution in [0.3, 0.4) is 0 Å². The molecule has 0 fully saturated rings. The third-order valence-electron chi connectivity index (χ3n) is 6.86. The van der Waals surface area contributed by atoms with Gasteiger partial charge in [-0.05, 0) is 47.9 Å². The van der Waals surface area contributed by atoms with Gasteiger partial charge in [-0.1, -0.05) is 48.0 Å². The van der Waals surface area contributed by atoms with Crippen LogP contribution in [0.25, 0.3) is 21.0 Å². The highest BCUT2D eigenvalue weighted by Gasteiger charge is 2.49. The van der Waals surface area contributed by atoms with E-state index in [9.17, 15) is 18.4 Å². The fourth-order valence-electron chi connectivity index (χ4n) is 4.64. The number of benzene rings is 3. The maximum Gasteiger partial charge on any atom is 0.409 e. The largest absolute Gasteiger partial charge is 0.447 e. The summed E-state index contributed by atoms with van der Waals surface area (Å²) in [5, 5.41) is 1.06. The van der Waals surface area contributed by atoms with E-state index >= 15 is 0 Å². The number of nitrogens with zero attached hydrogens (tertiary/aromatic N) is 4. The molecule has 4 aromatic rings. The molecule has 1 aliphatic rings. The number of thiazole rings is 1. The van der Waals surface area contributed by atoms with Crippen molar-refractivity contribution < 1.29 is 23.1 Å². The Hall–Kier alpha value is -4.35. The van der Waals surface area contributed by atoms with Gasteiger partial charge < -0.3 is 15.4 Å². The summed E-state index contributed by atoms with van der Waals surface area (Å²) in [6.07, 6.45) is 1.12. The number of aliphatic imine (C=N–C) groups is 1. The van der Waals surface area contributed by atoms with Crippen molar-refractivity contribution in [3.05, 3.63) is 101 Å². The zero-order valence-electron chi connectivity index (χ0n) is 22.8. The Kier molecular flexibility index (Phi) is 7.98. The van der Waals surface area contributed by atoms with Crippen LogP contribution in [0.4, 0.5) is 13.6 Å². The molecule has 0 saturated heterocycles. The van der Waals surface area contributed by atoms with E-state index in [1.807, 2.05) is 30.3 Å². The molecule has 2 atom stereocenters. The van der Waals surface area contributed by atoms with Crippen LogP contribution in [0.5, 0.6) is 0 Å².